The molecule has 1 aliphatic rings. The van der Waals surface area contributed by atoms with Crippen molar-refractivity contribution in [2.75, 3.05) is 26.7 Å². The maximum absolute atomic E-state index is 12.6. The van der Waals surface area contributed by atoms with Gasteiger partial charge in [-0.15, -0.1) is 0 Å². The summed E-state index contributed by atoms with van der Waals surface area (Å²) in [4.78, 5) is 16.7. The molecule has 1 saturated heterocycles. The second kappa shape index (κ2) is 7.62. The van der Waals surface area contributed by atoms with Crippen LogP contribution in [0, 0.1) is 0 Å². The molecule has 2 heterocycles. The zero-order chi connectivity index (χ0) is 16.9. The molecule has 1 amide bonds. The summed E-state index contributed by atoms with van der Waals surface area (Å²) < 4.78 is 0. The molecule has 1 aromatic carbocycles. The predicted octanol–water partition coefficient (Wildman–Crippen LogP) is 2.81. The van der Waals surface area contributed by atoms with E-state index in [1.807, 2.05) is 42.5 Å². The minimum Gasteiger partial charge on any atom is -0.338 e. The Morgan fingerprint density at radius 3 is 2.67 bits per heavy atom. The lowest BCUT2D eigenvalue weighted by molar-refractivity contribution is -0.133. The number of nitrogens with one attached hydrogen (secondary N) is 1. The Balaban J connectivity index is 1.50. The summed E-state index contributed by atoms with van der Waals surface area (Å²) in [5.41, 5.74) is 2.46. The van der Waals surface area contributed by atoms with Gasteiger partial charge in [0.25, 0.3) is 0 Å². The largest absolute Gasteiger partial charge is 0.338 e. The Labute approximate surface area is 143 Å². The van der Waals surface area contributed by atoms with E-state index in [4.69, 9.17) is 0 Å². The molecule has 1 N–H and O–H groups in total. The van der Waals surface area contributed by atoms with Crippen molar-refractivity contribution in [3.8, 4) is 0 Å². The maximum Gasteiger partial charge on any atom is 0.236 e. The molecule has 0 bridgehead atoms. The maximum atomic E-state index is 12.6. The van der Waals surface area contributed by atoms with Crippen molar-refractivity contribution < 1.29 is 4.79 Å². The second-order valence-electron chi connectivity index (χ2n) is 6.67. The molecule has 5 heteroatoms. The van der Waals surface area contributed by atoms with Gasteiger partial charge < -0.3 is 4.90 Å². The van der Waals surface area contributed by atoms with Crippen molar-refractivity contribution in [3.05, 3.63) is 53.9 Å². The van der Waals surface area contributed by atoms with Crippen molar-refractivity contribution in [2.24, 2.45) is 0 Å². The number of aromatic nitrogens is 2. The van der Waals surface area contributed by atoms with E-state index in [0.29, 0.717) is 12.5 Å². The average Bonchev–Trinajstić information content (AvgIpc) is 3.16. The summed E-state index contributed by atoms with van der Waals surface area (Å²) in [6.45, 7) is 4.52. The van der Waals surface area contributed by atoms with Crippen LogP contribution in [-0.2, 0) is 4.79 Å². The molecule has 1 aliphatic heterocycles. The summed E-state index contributed by atoms with van der Waals surface area (Å²) in [5.74, 6) is 0.754. The van der Waals surface area contributed by atoms with E-state index in [1.54, 1.807) is 0 Å². The van der Waals surface area contributed by atoms with Gasteiger partial charge in [-0.2, -0.15) is 5.10 Å². The van der Waals surface area contributed by atoms with Crippen molar-refractivity contribution in [1.82, 2.24) is 20.0 Å². The van der Waals surface area contributed by atoms with Crippen LogP contribution in [0.3, 0.4) is 0 Å². The third kappa shape index (κ3) is 3.85. The summed E-state index contributed by atoms with van der Waals surface area (Å²) in [6, 6.07) is 10.3. The van der Waals surface area contributed by atoms with E-state index in [9.17, 15) is 4.79 Å². The van der Waals surface area contributed by atoms with Gasteiger partial charge in [-0.3, -0.25) is 14.8 Å². The number of aromatic amines is 1. The highest BCUT2D eigenvalue weighted by atomic mass is 16.2. The monoisotopic (exact) mass is 326 g/mol. The Morgan fingerprint density at radius 2 is 2.04 bits per heavy atom. The summed E-state index contributed by atoms with van der Waals surface area (Å²) in [7, 11) is 1.90. The molecular formula is C19H26N4O. The van der Waals surface area contributed by atoms with Gasteiger partial charge in [0.1, 0.15) is 0 Å². The predicted molar refractivity (Wildman–Crippen MR) is 94.6 cm³/mol. The van der Waals surface area contributed by atoms with E-state index >= 15 is 0 Å². The minimum atomic E-state index is 0.0992. The van der Waals surface area contributed by atoms with E-state index in [1.165, 1.54) is 11.1 Å². The van der Waals surface area contributed by atoms with E-state index in [0.717, 1.165) is 25.9 Å². The molecule has 1 unspecified atom stereocenters. The van der Waals surface area contributed by atoms with Gasteiger partial charge >= 0.3 is 0 Å². The quantitative estimate of drug-likeness (QED) is 0.919. The molecule has 2 aromatic rings. The first-order valence-corrected chi connectivity index (χ1v) is 8.67. The average molecular weight is 326 g/mol. The van der Waals surface area contributed by atoms with Crippen LogP contribution in [0.1, 0.15) is 42.9 Å². The lowest BCUT2D eigenvalue weighted by atomic mass is 9.91. The van der Waals surface area contributed by atoms with Crippen LogP contribution in [-0.4, -0.2) is 52.6 Å². The molecule has 1 aromatic heterocycles. The highest BCUT2D eigenvalue weighted by molar-refractivity contribution is 5.78. The molecule has 1 atom stereocenters. The van der Waals surface area contributed by atoms with Crippen molar-refractivity contribution in [2.45, 2.75) is 31.7 Å². The number of nitrogens with zero attached hydrogens (tertiary/aromatic N) is 3. The molecule has 128 valence electrons. The van der Waals surface area contributed by atoms with Gasteiger partial charge in [0.2, 0.25) is 5.91 Å². The SMILES string of the molecule is CC(c1ccccc1)N(C)C(=O)CN1CCC(c2cn[nH]c2)CC1. The fourth-order valence-electron chi connectivity index (χ4n) is 3.38. The molecule has 5 nitrogen and oxygen atoms in total. The lowest BCUT2D eigenvalue weighted by Crippen LogP contribution is -2.42. The minimum absolute atomic E-state index is 0.0992. The summed E-state index contributed by atoms with van der Waals surface area (Å²) >= 11 is 0. The van der Waals surface area contributed by atoms with Gasteiger partial charge in [-0.1, -0.05) is 30.3 Å². The third-order valence-electron chi connectivity index (χ3n) is 5.19. The first-order valence-electron chi connectivity index (χ1n) is 8.67. The Bertz CT molecular complexity index is 633. The molecule has 1 fully saturated rings. The lowest BCUT2D eigenvalue weighted by Gasteiger charge is -2.33. The number of piperidine rings is 1. The molecule has 0 spiro atoms. The topological polar surface area (TPSA) is 52.2 Å². The van der Waals surface area contributed by atoms with Crippen molar-refractivity contribution >= 4 is 5.91 Å². The fourth-order valence-corrected chi connectivity index (χ4v) is 3.38. The number of rotatable bonds is 5. The van der Waals surface area contributed by atoms with Crippen LogP contribution in [0.15, 0.2) is 42.7 Å². The zero-order valence-corrected chi connectivity index (χ0v) is 14.5. The Kier molecular flexibility index (Phi) is 5.30. The van der Waals surface area contributed by atoms with Crippen LogP contribution < -0.4 is 0 Å². The molecule has 24 heavy (non-hydrogen) atoms. The van der Waals surface area contributed by atoms with E-state index < -0.39 is 0 Å². The standard InChI is InChI=1S/C19H26N4O/c1-15(16-6-4-3-5-7-16)22(2)19(24)14-23-10-8-17(9-11-23)18-12-20-21-13-18/h3-7,12-13,15,17H,8-11,14H2,1-2H3,(H,20,21). The number of hydrogen-bond acceptors (Lipinski definition) is 3. The number of likely N-dealkylation sites (tertiary alicyclic amines) is 1. The number of carbonyl (C=O) groups is 1. The number of benzene rings is 1. The third-order valence-corrected chi connectivity index (χ3v) is 5.19. The first kappa shape index (κ1) is 16.7. The van der Waals surface area contributed by atoms with Crippen LogP contribution in [0.5, 0.6) is 0 Å². The van der Waals surface area contributed by atoms with Gasteiger partial charge in [-0.05, 0) is 49.9 Å². The van der Waals surface area contributed by atoms with Gasteiger partial charge in [0.15, 0.2) is 0 Å². The number of carbonyl (C=O) groups excluding carboxylic acids is 1. The van der Waals surface area contributed by atoms with E-state index in [2.05, 4.69) is 34.2 Å². The zero-order valence-electron chi connectivity index (χ0n) is 14.5. The van der Waals surface area contributed by atoms with Crippen molar-refractivity contribution in [3.63, 3.8) is 0 Å². The Hall–Kier alpha value is -2.14. The second-order valence-corrected chi connectivity index (χ2v) is 6.67. The Morgan fingerprint density at radius 1 is 1.33 bits per heavy atom. The van der Waals surface area contributed by atoms with E-state index in [-0.39, 0.29) is 11.9 Å². The number of amides is 1. The molecule has 0 saturated carbocycles. The van der Waals surface area contributed by atoms with Crippen LogP contribution in [0.4, 0.5) is 0 Å². The molecular weight excluding hydrogens is 300 g/mol. The number of likely N-dealkylation sites (N-methyl/N-ethyl adjacent to an activating group) is 1. The highest BCUT2D eigenvalue weighted by Gasteiger charge is 2.25. The fraction of sp³-hybridized carbons (Fsp3) is 0.474. The number of hydrogen-bond donors (Lipinski definition) is 1. The van der Waals surface area contributed by atoms with Crippen LogP contribution in [0.2, 0.25) is 0 Å². The highest BCUT2D eigenvalue weighted by Crippen LogP contribution is 2.27. The van der Waals surface area contributed by atoms with Crippen LogP contribution in [0.25, 0.3) is 0 Å². The van der Waals surface area contributed by atoms with Crippen molar-refractivity contribution in [1.29, 1.82) is 0 Å². The molecule has 0 radical (unpaired) electrons. The smallest absolute Gasteiger partial charge is 0.236 e. The van der Waals surface area contributed by atoms with Gasteiger partial charge in [-0.25, -0.2) is 0 Å². The first-order chi connectivity index (χ1) is 11.6. The number of H-pyrrole nitrogens is 1. The van der Waals surface area contributed by atoms with Gasteiger partial charge in [0, 0.05) is 13.2 Å². The molecule has 3 rings (SSSR count). The van der Waals surface area contributed by atoms with Crippen LogP contribution >= 0.6 is 0 Å². The molecule has 0 aliphatic carbocycles. The normalized spacial score (nSPS) is 17.6. The summed E-state index contributed by atoms with van der Waals surface area (Å²) in [6.07, 6.45) is 6.08. The summed E-state index contributed by atoms with van der Waals surface area (Å²) in [5, 5.41) is 6.93. The van der Waals surface area contributed by atoms with Gasteiger partial charge in [0.05, 0.1) is 18.8 Å².